The number of amides is 1. The van der Waals surface area contributed by atoms with Crippen molar-refractivity contribution in [2.24, 2.45) is 0 Å². The molecule has 114 valence electrons. The summed E-state index contributed by atoms with van der Waals surface area (Å²) in [5.41, 5.74) is 0.568. The topological polar surface area (TPSA) is 84.7 Å². The number of nitro groups is 1. The van der Waals surface area contributed by atoms with E-state index in [-0.39, 0.29) is 29.3 Å². The molecule has 7 nitrogen and oxygen atoms in total. The number of likely N-dealkylation sites (N-methyl/N-ethyl adjacent to an activating group) is 1. The van der Waals surface area contributed by atoms with Crippen LogP contribution in [0.5, 0.6) is 0 Å². The zero-order valence-corrected chi connectivity index (χ0v) is 12.3. The molecule has 0 aromatic heterocycles. The van der Waals surface area contributed by atoms with Crippen molar-refractivity contribution in [2.45, 2.75) is 25.5 Å². The summed E-state index contributed by atoms with van der Waals surface area (Å²) in [5.74, 6) is -0.360. The van der Waals surface area contributed by atoms with E-state index < -0.39 is 4.92 Å². The van der Waals surface area contributed by atoms with Gasteiger partial charge in [0.15, 0.2) is 0 Å². The molecule has 1 aromatic rings. The van der Waals surface area contributed by atoms with E-state index in [1.54, 1.807) is 25.1 Å². The van der Waals surface area contributed by atoms with Crippen LogP contribution in [0.25, 0.3) is 0 Å². The number of ether oxygens (including phenoxy) is 1. The van der Waals surface area contributed by atoms with Gasteiger partial charge in [0, 0.05) is 32.5 Å². The van der Waals surface area contributed by atoms with Crippen LogP contribution in [-0.4, -0.2) is 48.6 Å². The van der Waals surface area contributed by atoms with Gasteiger partial charge in [0.1, 0.15) is 5.56 Å². The molecule has 1 aliphatic rings. The number of hydrogen-bond acceptors (Lipinski definition) is 5. The number of anilines is 1. The van der Waals surface area contributed by atoms with Crippen LogP contribution >= 0.6 is 0 Å². The summed E-state index contributed by atoms with van der Waals surface area (Å²) in [6, 6.07) is 4.38. The van der Waals surface area contributed by atoms with E-state index in [1.165, 1.54) is 12.1 Å². The molecule has 0 aliphatic carbocycles. The van der Waals surface area contributed by atoms with Crippen molar-refractivity contribution in [3.05, 3.63) is 33.9 Å². The number of hydrogen-bond donors (Lipinski definition) is 1. The van der Waals surface area contributed by atoms with Gasteiger partial charge in [0.25, 0.3) is 11.6 Å². The average Bonchev–Trinajstić information content (AvgIpc) is 2.91. The van der Waals surface area contributed by atoms with Gasteiger partial charge in [0.2, 0.25) is 0 Å². The van der Waals surface area contributed by atoms with Gasteiger partial charge in [-0.2, -0.15) is 0 Å². The highest BCUT2D eigenvalue weighted by Crippen LogP contribution is 2.26. The molecule has 0 bridgehead atoms. The fraction of sp³-hybridized carbons (Fsp3) is 0.500. The van der Waals surface area contributed by atoms with Crippen molar-refractivity contribution in [3.8, 4) is 0 Å². The van der Waals surface area contributed by atoms with E-state index in [1.807, 2.05) is 6.92 Å². The number of nitrogens with zero attached hydrogens (tertiary/aromatic N) is 2. The second kappa shape index (κ2) is 6.09. The molecule has 0 spiro atoms. The van der Waals surface area contributed by atoms with Crippen LogP contribution in [0, 0.1) is 10.1 Å². The van der Waals surface area contributed by atoms with Crippen LogP contribution in [0.1, 0.15) is 23.7 Å². The Morgan fingerprint density at radius 1 is 1.52 bits per heavy atom. The Hall–Kier alpha value is -2.15. The van der Waals surface area contributed by atoms with Crippen molar-refractivity contribution in [3.63, 3.8) is 0 Å². The highest BCUT2D eigenvalue weighted by Gasteiger charge is 2.33. The molecular formula is C14H19N3O4. The maximum atomic E-state index is 12.6. The fourth-order valence-corrected chi connectivity index (χ4v) is 2.59. The lowest BCUT2D eigenvalue weighted by Gasteiger charge is -2.26. The van der Waals surface area contributed by atoms with Gasteiger partial charge in [-0.15, -0.1) is 0 Å². The molecule has 2 rings (SSSR count). The Kier molecular flexibility index (Phi) is 4.42. The van der Waals surface area contributed by atoms with Crippen molar-refractivity contribution in [2.75, 3.05) is 26.0 Å². The average molecular weight is 293 g/mol. The Morgan fingerprint density at radius 3 is 2.76 bits per heavy atom. The summed E-state index contributed by atoms with van der Waals surface area (Å²) in [6.07, 6.45) is 0.675. The molecule has 1 heterocycles. The standard InChI is InChI=1S/C14H19N3O4/c1-9-12(6-7-21-9)16(3)14(18)11-8-10(15-2)4-5-13(11)17(19)20/h4-5,8-9,12,15H,6-7H2,1-3H3. The third-order valence-electron chi connectivity index (χ3n) is 3.87. The molecule has 1 fully saturated rings. The van der Waals surface area contributed by atoms with Crippen LogP contribution in [0.3, 0.4) is 0 Å². The summed E-state index contributed by atoms with van der Waals surface area (Å²) in [4.78, 5) is 24.7. The SMILES string of the molecule is CNc1ccc([N+](=O)[O-])c(C(=O)N(C)C2CCOC2C)c1. The second-order valence-corrected chi connectivity index (χ2v) is 5.09. The summed E-state index contributed by atoms with van der Waals surface area (Å²) >= 11 is 0. The van der Waals surface area contributed by atoms with Gasteiger partial charge in [-0.1, -0.05) is 0 Å². The predicted molar refractivity (Wildman–Crippen MR) is 78.6 cm³/mol. The van der Waals surface area contributed by atoms with E-state index >= 15 is 0 Å². The van der Waals surface area contributed by atoms with Gasteiger partial charge < -0.3 is 15.0 Å². The van der Waals surface area contributed by atoms with Gasteiger partial charge >= 0.3 is 0 Å². The zero-order valence-electron chi connectivity index (χ0n) is 12.3. The normalized spacial score (nSPS) is 21.1. The van der Waals surface area contributed by atoms with Crippen molar-refractivity contribution >= 4 is 17.3 Å². The van der Waals surface area contributed by atoms with Crippen LogP contribution in [0.15, 0.2) is 18.2 Å². The maximum absolute atomic E-state index is 12.6. The second-order valence-electron chi connectivity index (χ2n) is 5.09. The molecule has 7 heteroatoms. The van der Waals surface area contributed by atoms with Crippen LogP contribution in [0.4, 0.5) is 11.4 Å². The largest absolute Gasteiger partial charge is 0.388 e. The van der Waals surface area contributed by atoms with E-state index in [0.29, 0.717) is 12.3 Å². The van der Waals surface area contributed by atoms with Crippen molar-refractivity contribution in [1.82, 2.24) is 4.90 Å². The van der Waals surface area contributed by atoms with Crippen LogP contribution < -0.4 is 5.32 Å². The van der Waals surface area contributed by atoms with Gasteiger partial charge in [-0.25, -0.2) is 0 Å². The molecule has 2 atom stereocenters. The summed E-state index contributed by atoms with van der Waals surface area (Å²) in [6.45, 7) is 2.50. The zero-order chi connectivity index (χ0) is 15.6. The smallest absolute Gasteiger partial charge is 0.282 e. The third-order valence-corrected chi connectivity index (χ3v) is 3.87. The van der Waals surface area contributed by atoms with E-state index in [0.717, 1.165) is 6.42 Å². The first-order chi connectivity index (χ1) is 9.95. The molecule has 1 amide bonds. The van der Waals surface area contributed by atoms with Gasteiger partial charge in [-0.3, -0.25) is 14.9 Å². The van der Waals surface area contributed by atoms with Crippen molar-refractivity contribution in [1.29, 1.82) is 0 Å². The molecule has 2 unspecified atom stereocenters. The molecule has 1 saturated heterocycles. The Labute approximate surface area is 123 Å². The minimum atomic E-state index is -0.533. The summed E-state index contributed by atoms with van der Waals surface area (Å²) in [7, 11) is 3.36. The number of benzene rings is 1. The predicted octanol–water partition coefficient (Wildman–Crippen LogP) is 1.89. The quantitative estimate of drug-likeness (QED) is 0.677. The minimum absolute atomic E-state index is 0.0599. The highest BCUT2D eigenvalue weighted by atomic mass is 16.6. The Bertz CT molecular complexity index is 561. The lowest BCUT2D eigenvalue weighted by molar-refractivity contribution is -0.385. The maximum Gasteiger partial charge on any atom is 0.282 e. The molecular weight excluding hydrogens is 274 g/mol. The summed E-state index contributed by atoms with van der Waals surface area (Å²) in [5, 5.41) is 14.0. The van der Waals surface area contributed by atoms with Crippen molar-refractivity contribution < 1.29 is 14.5 Å². The first kappa shape index (κ1) is 15.2. The Balaban J connectivity index is 2.34. The monoisotopic (exact) mass is 293 g/mol. The number of nitrogens with one attached hydrogen (secondary N) is 1. The molecule has 1 aromatic carbocycles. The van der Waals surface area contributed by atoms with Gasteiger partial charge in [0.05, 0.1) is 17.1 Å². The van der Waals surface area contributed by atoms with E-state index in [9.17, 15) is 14.9 Å². The van der Waals surface area contributed by atoms with Gasteiger partial charge in [-0.05, 0) is 25.5 Å². The van der Waals surface area contributed by atoms with Crippen LogP contribution in [-0.2, 0) is 4.74 Å². The number of rotatable bonds is 4. The van der Waals surface area contributed by atoms with E-state index in [2.05, 4.69) is 5.32 Å². The molecule has 0 radical (unpaired) electrons. The molecule has 1 N–H and O–H groups in total. The molecule has 1 aliphatic heterocycles. The Morgan fingerprint density at radius 2 is 2.24 bits per heavy atom. The van der Waals surface area contributed by atoms with E-state index in [4.69, 9.17) is 4.74 Å². The third kappa shape index (κ3) is 2.97. The minimum Gasteiger partial charge on any atom is -0.388 e. The molecule has 21 heavy (non-hydrogen) atoms. The van der Waals surface area contributed by atoms with Crippen LogP contribution in [0.2, 0.25) is 0 Å². The first-order valence-electron chi connectivity index (χ1n) is 6.80. The number of carbonyl (C=O) groups excluding carboxylic acids is 1. The fourth-order valence-electron chi connectivity index (χ4n) is 2.59. The highest BCUT2D eigenvalue weighted by molar-refractivity contribution is 5.99. The number of carbonyl (C=O) groups is 1. The first-order valence-corrected chi connectivity index (χ1v) is 6.80. The number of nitro benzene ring substituents is 1. The summed E-state index contributed by atoms with van der Waals surface area (Å²) < 4.78 is 5.46. The molecule has 0 saturated carbocycles. The lowest BCUT2D eigenvalue weighted by Crippen LogP contribution is -2.41. The lowest BCUT2D eigenvalue weighted by atomic mass is 10.1.